The van der Waals surface area contributed by atoms with Gasteiger partial charge in [-0.3, -0.25) is 5.43 Å². The topological polar surface area (TPSA) is 54.9 Å². The second kappa shape index (κ2) is 11.2. The van der Waals surface area contributed by atoms with Crippen LogP contribution in [0.1, 0.15) is 36.5 Å². The van der Waals surface area contributed by atoms with Gasteiger partial charge in [0.1, 0.15) is 19.0 Å². The summed E-state index contributed by atoms with van der Waals surface area (Å²) in [6.45, 7) is 7.01. The Balaban J connectivity index is 1.96. The first-order chi connectivity index (χ1) is 13.8. The molecule has 0 aliphatic carbocycles. The highest BCUT2D eigenvalue weighted by molar-refractivity contribution is 7.80. The Morgan fingerprint density at radius 2 is 1.79 bits per heavy atom. The number of nitrogens with zero attached hydrogens (tertiary/aromatic N) is 1. The number of thiocarbonyl (C=S) groups is 1. The lowest BCUT2D eigenvalue weighted by Crippen LogP contribution is -2.28. The Hall–Kier alpha value is -2.02. The maximum atomic E-state index is 6.32. The predicted octanol–water partition coefficient (Wildman–Crippen LogP) is 5.31. The van der Waals surface area contributed by atoms with E-state index in [0.717, 1.165) is 16.9 Å². The maximum absolute atomic E-state index is 6.32. The molecule has 5 nitrogen and oxygen atoms in total. The molecule has 0 heterocycles. The molecule has 29 heavy (non-hydrogen) atoms. The number of hydrogen-bond donors (Lipinski definition) is 2. The van der Waals surface area contributed by atoms with E-state index in [2.05, 4.69) is 41.8 Å². The molecular formula is C21H25Cl2N3O2S. The van der Waals surface area contributed by atoms with Gasteiger partial charge >= 0.3 is 0 Å². The fourth-order valence-corrected chi connectivity index (χ4v) is 3.22. The molecule has 0 aliphatic rings. The van der Waals surface area contributed by atoms with Crippen molar-refractivity contribution >= 4 is 46.7 Å². The van der Waals surface area contributed by atoms with Crippen LogP contribution in [0.2, 0.25) is 10.0 Å². The molecule has 2 aromatic rings. The van der Waals surface area contributed by atoms with E-state index in [0.29, 0.717) is 40.0 Å². The van der Waals surface area contributed by atoms with E-state index in [1.165, 1.54) is 5.56 Å². The minimum atomic E-state index is 0.316. The zero-order valence-corrected chi connectivity index (χ0v) is 19.2. The minimum Gasteiger partial charge on any atom is -0.490 e. The molecule has 8 heteroatoms. The van der Waals surface area contributed by atoms with Gasteiger partial charge in [0.15, 0.2) is 10.9 Å². The average molecular weight is 454 g/mol. The number of hydrogen-bond acceptors (Lipinski definition) is 4. The molecule has 0 atom stereocenters. The van der Waals surface area contributed by atoms with Crippen molar-refractivity contribution < 1.29 is 9.47 Å². The molecule has 0 aromatic heterocycles. The van der Waals surface area contributed by atoms with Gasteiger partial charge in [0, 0.05) is 7.05 Å². The maximum Gasteiger partial charge on any atom is 0.186 e. The first-order valence-corrected chi connectivity index (χ1v) is 10.3. The normalized spacial score (nSPS) is 11.0. The van der Waals surface area contributed by atoms with E-state index in [4.69, 9.17) is 44.9 Å². The molecule has 0 saturated heterocycles. The Morgan fingerprint density at radius 3 is 2.41 bits per heavy atom. The fourth-order valence-electron chi connectivity index (χ4n) is 2.55. The monoisotopic (exact) mass is 453 g/mol. The van der Waals surface area contributed by atoms with Crippen molar-refractivity contribution in [3.05, 3.63) is 57.1 Å². The molecule has 0 radical (unpaired) electrons. The Labute approximate surface area is 187 Å². The Morgan fingerprint density at radius 1 is 1.14 bits per heavy atom. The summed E-state index contributed by atoms with van der Waals surface area (Å²) in [5, 5.41) is 7.97. The van der Waals surface area contributed by atoms with Crippen LogP contribution in [0, 0.1) is 6.92 Å². The molecule has 2 aromatic carbocycles. The smallest absolute Gasteiger partial charge is 0.186 e. The lowest BCUT2D eigenvalue weighted by Gasteiger charge is -2.16. The average Bonchev–Trinajstić information content (AvgIpc) is 2.66. The third-order valence-corrected chi connectivity index (χ3v) is 4.86. The zero-order chi connectivity index (χ0) is 21.4. The van der Waals surface area contributed by atoms with Gasteiger partial charge in [0.05, 0.1) is 16.3 Å². The minimum absolute atomic E-state index is 0.316. The second-order valence-corrected chi connectivity index (χ2v) is 7.88. The van der Waals surface area contributed by atoms with Crippen LogP contribution in [0.5, 0.6) is 11.5 Å². The van der Waals surface area contributed by atoms with Crippen LogP contribution >= 0.6 is 35.4 Å². The van der Waals surface area contributed by atoms with Gasteiger partial charge in [-0.2, -0.15) is 5.10 Å². The van der Waals surface area contributed by atoms with Crippen molar-refractivity contribution in [3.8, 4) is 11.5 Å². The molecule has 0 aliphatic heterocycles. The summed E-state index contributed by atoms with van der Waals surface area (Å²) in [6.07, 6.45) is 1.57. The van der Waals surface area contributed by atoms with E-state index in [1.807, 2.05) is 13.0 Å². The first-order valence-electron chi connectivity index (χ1n) is 9.17. The molecule has 0 fully saturated rings. The van der Waals surface area contributed by atoms with E-state index >= 15 is 0 Å². The quantitative estimate of drug-likeness (QED) is 0.245. The molecular weight excluding hydrogens is 429 g/mol. The van der Waals surface area contributed by atoms with Gasteiger partial charge in [-0.25, -0.2) is 0 Å². The summed E-state index contributed by atoms with van der Waals surface area (Å²) in [7, 11) is 1.71. The molecule has 0 amide bonds. The Bertz CT molecular complexity index is 865. The van der Waals surface area contributed by atoms with Crippen molar-refractivity contribution in [2.45, 2.75) is 26.7 Å². The van der Waals surface area contributed by atoms with Crippen LogP contribution in [0.4, 0.5) is 0 Å². The van der Waals surface area contributed by atoms with E-state index in [1.54, 1.807) is 25.4 Å². The van der Waals surface area contributed by atoms with Crippen LogP contribution in [0.25, 0.3) is 0 Å². The van der Waals surface area contributed by atoms with Crippen molar-refractivity contribution in [3.63, 3.8) is 0 Å². The second-order valence-electron chi connectivity index (χ2n) is 6.66. The molecule has 0 unspecified atom stereocenters. The number of aryl methyl sites for hydroxylation is 1. The van der Waals surface area contributed by atoms with Gasteiger partial charge in [-0.1, -0.05) is 49.2 Å². The number of rotatable bonds is 8. The molecule has 2 rings (SSSR count). The first kappa shape index (κ1) is 23.3. The van der Waals surface area contributed by atoms with E-state index in [-0.39, 0.29) is 0 Å². The SMILES string of the molecule is CNC(=S)N/N=C\c1cc(Cl)c(OCCOc2cc(C)ccc2C(C)C)c(Cl)c1. The van der Waals surface area contributed by atoms with Crippen molar-refractivity contribution in [2.75, 3.05) is 20.3 Å². The highest BCUT2D eigenvalue weighted by Crippen LogP contribution is 2.34. The van der Waals surface area contributed by atoms with Crippen molar-refractivity contribution in [2.24, 2.45) is 5.10 Å². The van der Waals surface area contributed by atoms with Crippen LogP contribution in [0.15, 0.2) is 35.4 Å². The fraction of sp³-hybridized carbons (Fsp3) is 0.333. The number of benzene rings is 2. The van der Waals surface area contributed by atoms with Crippen LogP contribution in [-0.2, 0) is 0 Å². The lowest BCUT2D eigenvalue weighted by molar-refractivity contribution is 0.215. The standard InChI is InChI=1S/C21H25Cl2N3O2S/c1-13(2)16-6-5-14(3)9-19(16)27-7-8-28-20-17(22)10-15(11-18(20)23)12-25-26-21(29)24-4/h5-6,9-13H,7-8H2,1-4H3,(H2,24,26,29)/b25-12-. The largest absolute Gasteiger partial charge is 0.490 e. The number of nitrogens with one attached hydrogen (secondary N) is 2. The molecule has 156 valence electrons. The predicted molar refractivity (Wildman–Crippen MR) is 125 cm³/mol. The Kier molecular flexibility index (Phi) is 9.01. The summed E-state index contributed by atoms with van der Waals surface area (Å²) in [4.78, 5) is 0. The van der Waals surface area contributed by atoms with Crippen molar-refractivity contribution in [1.29, 1.82) is 0 Å². The zero-order valence-electron chi connectivity index (χ0n) is 16.9. The third kappa shape index (κ3) is 7.07. The molecule has 2 N–H and O–H groups in total. The van der Waals surface area contributed by atoms with Gasteiger partial charge in [-0.05, 0) is 59.9 Å². The summed E-state index contributed by atoms with van der Waals surface area (Å²) in [5.41, 5.74) is 5.70. The van der Waals surface area contributed by atoms with Gasteiger partial charge < -0.3 is 14.8 Å². The lowest BCUT2D eigenvalue weighted by atomic mass is 10.0. The number of halogens is 2. The van der Waals surface area contributed by atoms with Crippen molar-refractivity contribution in [1.82, 2.24) is 10.7 Å². The number of hydrazone groups is 1. The summed E-state index contributed by atoms with van der Waals surface area (Å²) in [5.74, 6) is 1.67. The van der Waals surface area contributed by atoms with Gasteiger partial charge in [0.2, 0.25) is 0 Å². The molecule has 0 bridgehead atoms. The van der Waals surface area contributed by atoms with Crippen LogP contribution < -0.4 is 20.2 Å². The summed E-state index contributed by atoms with van der Waals surface area (Å²) >= 11 is 17.6. The highest BCUT2D eigenvalue weighted by atomic mass is 35.5. The van der Waals surface area contributed by atoms with E-state index < -0.39 is 0 Å². The summed E-state index contributed by atoms with van der Waals surface area (Å²) in [6, 6.07) is 9.66. The van der Waals surface area contributed by atoms with Gasteiger partial charge in [-0.15, -0.1) is 0 Å². The summed E-state index contributed by atoms with van der Waals surface area (Å²) < 4.78 is 11.7. The van der Waals surface area contributed by atoms with Crippen LogP contribution in [0.3, 0.4) is 0 Å². The highest BCUT2D eigenvalue weighted by Gasteiger charge is 2.11. The van der Waals surface area contributed by atoms with Crippen LogP contribution in [-0.4, -0.2) is 31.6 Å². The number of ether oxygens (including phenoxy) is 2. The van der Waals surface area contributed by atoms with E-state index in [9.17, 15) is 0 Å². The van der Waals surface area contributed by atoms with Gasteiger partial charge in [0.25, 0.3) is 0 Å². The molecule has 0 saturated carbocycles. The third-order valence-electron chi connectivity index (χ3n) is 4.01. The molecule has 0 spiro atoms.